The minimum Gasteiger partial charge on any atom is -0.373 e. The van der Waals surface area contributed by atoms with Crippen molar-refractivity contribution in [2.45, 2.75) is 6.10 Å². The maximum atomic E-state index is 10.3. The standard InChI is InChI=1S/C5H12NO5P/c7-12(8,9)11-4-5-3-6-1-2-10-5/h5-6H,1-4H2,(H2,7,8,9). The second kappa shape index (κ2) is 4.32. The van der Waals surface area contributed by atoms with Gasteiger partial charge in [0.1, 0.15) is 0 Å². The predicted octanol–water partition coefficient (Wildman–Crippen LogP) is -0.916. The van der Waals surface area contributed by atoms with Crippen molar-refractivity contribution in [3.63, 3.8) is 0 Å². The molecule has 1 aliphatic heterocycles. The molecule has 0 aromatic rings. The van der Waals surface area contributed by atoms with Gasteiger partial charge in [0.2, 0.25) is 0 Å². The van der Waals surface area contributed by atoms with Crippen molar-refractivity contribution in [2.24, 2.45) is 0 Å². The summed E-state index contributed by atoms with van der Waals surface area (Å²) in [6.45, 7) is 1.82. The fourth-order valence-corrected chi connectivity index (χ4v) is 1.27. The maximum absolute atomic E-state index is 10.3. The molecule has 0 saturated carbocycles. The number of nitrogens with one attached hydrogen (secondary N) is 1. The molecule has 1 rings (SSSR count). The number of phosphoric acid groups is 1. The molecule has 1 aliphatic rings. The van der Waals surface area contributed by atoms with Crippen molar-refractivity contribution in [1.82, 2.24) is 5.32 Å². The van der Waals surface area contributed by atoms with Crippen molar-refractivity contribution in [1.29, 1.82) is 0 Å². The Morgan fingerprint density at radius 1 is 1.67 bits per heavy atom. The summed E-state index contributed by atoms with van der Waals surface area (Å²) in [6.07, 6.45) is -0.258. The fourth-order valence-electron chi connectivity index (χ4n) is 0.907. The van der Waals surface area contributed by atoms with Gasteiger partial charge in [-0.1, -0.05) is 0 Å². The molecular weight excluding hydrogens is 185 g/mol. The van der Waals surface area contributed by atoms with Gasteiger partial charge in [0.05, 0.1) is 19.3 Å². The molecule has 0 aliphatic carbocycles. The van der Waals surface area contributed by atoms with Crippen molar-refractivity contribution in [3.05, 3.63) is 0 Å². The monoisotopic (exact) mass is 197 g/mol. The number of phosphoric ester groups is 1. The quantitative estimate of drug-likeness (QED) is 0.507. The van der Waals surface area contributed by atoms with E-state index in [9.17, 15) is 4.57 Å². The van der Waals surface area contributed by atoms with E-state index in [1.54, 1.807) is 0 Å². The van der Waals surface area contributed by atoms with Crippen LogP contribution in [0.1, 0.15) is 0 Å². The van der Waals surface area contributed by atoms with Crippen LogP contribution in [0.3, 0.4) is 0 Å². The van der Waals surface area contributed by atoms with Crippen LogP contribution in [0.4, 0.5) is 0 Å². The van der Waals surface area contributed by atoms with Gasteiger partial charge in [0.25, 0.3) is 0 Å². The van der Waals surface area contributed by atoms with Crippen LogP contribution in [-0.4, -0.2) is 42.2 Å². The molecule has 7 heteroatoms. The highest BCUT2D eigenvalue weighted by Gasteiger charge is 2.19. The second-order valence-corrected chi connectivity index (χ2v) is 3.72. The van der Waals surface area contributed by atoms with Crippen molar-refractivity contribution < 1.29 is 23.6 Å². The third kappa shape index (κ3) is 4.15. The third-order valence-corrected chi connectivity index (χ3v) is 1.92. The smallest absolute Gasteiger partial charge is 0.373 e. The van der Waals surface area contributed by atoms with E-state index in [1.807, 2.05) is 0 Å². The highest BCUT2D eigenvalue weighted by atomic mass is 31.2. The molecule has 0 aromatic carbocycles. The van der Waals surface area contributed by atoms with Crippen molar-refractivity contribution >= 4 is 7.82 Å². The lowest BCUT2D eigenvalue weighted by atomic mass is 10.3. The van der Waals surface area contributed by atoms with E-state index in [0.717, 1.165) is 6.54 Å². The summed E-state index contributed by atoms with van der Waals surface area (Å²) in [5.74, 6) is 0. The molecule has 0 amide bonds. The van der Waals surface area contributed by atoms with Crippen LogP contribution in [0.15, 0.2) is 0 Å². The van der Waals surface area contributed by atoms with Crippen LogP contribution >= 0.6 is 7.82 Å². The van der Waals surface area contributed by atoms with E-state index < -0.39 is 7.82 Å². The van der Waals surface area contributed by atoms with Gasteiger partial charge >= 0.3 is 7.82 Å². The third-order valence-electron chi connectivity index (χ3n) is 1.43. The molecule has 3 N–H and O–H groups in total. The summed E-state index contributed by atoms with van der Waals surface area (Å²) < 4.78 is 19.7. The topological polar surface area (TPSA) is 88.0 Å². The Morgan fingerprint density at radius 3 is 2.92 bits per heavy atom. The van der Waals surface area contributed by atoms with Crippen molar-refractivity contribution in [2.75, 3.05) is 26.3 Å². The van der Waals surface area contributed by atoms with Crippen LogP contribution in [-0.2, 0) is 13.8 Å². The van der Waals surface area contributed by atoms with Gasteiger partial charge in [-0.2, -0.15) is 0 Å². The lowest BCUT2D eigenvalue weighted by Crippen LogP contribution is -2.40. The summed E-state index contributed by atoms with van der Waals surface area (Å²) in [5, 5.41) is 3.01. The van der Waals surface area contributed by atoms with E-state index in [4.69, 9.17) is 14.5 Å². The number of ether oxygens (including phenoxy) is 1. The molecule has 1 atom stereocenters. The number of morpholine rings is 1. The first kappa shape index (κ1) is 10.1. The molecular formula is C5H12NO5P. The summed E-state index contributed by atoms with van der Waals surface area (Å²) >= 11 is 0. The highest BCUT2D eigenvalue weighted by Crippen LogP contribution is 2.35. The van der Waals surface area contributed by atoms with Gasteiger partial charge < -0.3 is 19.8 Å². The zero-order valence-corrected chi connectivity index (χ0v) is 7.37. The van der Waals surface area contributed by atoms with E-state index in [1.165, 1.54) is 0 Å². The molecule has 0 aromatic heterocycles. The van der Waals surface area contributed by atoms with Crippen LogP contribution in [0.5, 0.6) is 0 Å². The van der Waals surface area contributed by atoms with Gasteiger partial charge in [0, 0.05) is 13.1 Å². The van der Waals surface area contributed by atoms with E-state index in [2.05, 4.69) is 9.84 Å². The number of rotatable bonds is 3. The molecule has 0 radical (unpaired) electrons. The Labute approximate surface area is 70.1 Å². The number of hydrogen-bond acceptors (Lipinski definition) is 4. The summed E-state index contributed by atoms with van der Waals surface area (Å²) in [6, 6.07) is 0. The van der Waals surface area contributed by atoms with E-state index in [0.29, 0.717) is 13.2 Å². The van der Waals surface area contributed by atoms with Gasteiger partial charge in [-0.05, 0) is 0 Å². The van der Waals surface area contributed by atoms with Crippen LogP contribution in [0, 0.1) is 0 Å². The van der Waals surface area contributed by atoms with Gasteiger partial charge in [-0.25, -0.2) is 4.57 Å². The first-order valence-corrected chi connectivity index (χ1v) is 5.13. The normalized spacial score (nSPS) is 25.7. The lowest BCUT2D eigenvalue weighted by molar-refractivity contribution is -0.00635. The molecule has 1 unspecified atom stereocenters. The Morgan fingerprint density at radius 2 is 2.42 bits per heavy atom. The summed E-state index contributed by atoms with van der Waals surface area (Å²) in [4.78, 5) is 16.7. The number of hydrogen-bond donors (Lipinski definition) is 3. The second-order valence-electron chi connectivity index (χ2n) is 2.48. The molecule has 1 fully saturated rings. The first-order chi connectivity index (χ1) is 5.58. The predicted molar refractivity (Wildman–Crippen MR) is 40.6 cm³/mol. The Balaban J connectivity index is 2.17. The Kier molecular flexibility index (Phi) is 3.64. The van der Waals surface area contributed by atoms with Gasteiger partial charge in [0.15, 0.2) is 0 Å². The molecule has 1 heterocycles. The minimum atomic E-state index is -4.34. The molecule has 72 valence electrons. The summed E-state index contributed by atoms with van der Waals surface area (Å²) in [5.41, 5.74) is 0. The van der Waals surface area contributed by atoms with Crippen molar-refractivity contribution in [3.8, 4) is 0 Å². The maximum Gasteiger partial charge on any atom is 0.469 e. The van der Waals surface area contributed by atoms with Crippen LogP contribution in [0.25, 0.3) is 0 Å². The Bertz CT molecular complexity index is 175. The first-order valence-electron chi connectivity index (χ1n) is 3.60. The molecule has 1 saturated heterocycles. The molecule has 6 nitrogen and oxygen atoms in total. The highest BCUT2D eigenvalue weighted by molar-refractivity contribution is 7.46. The molecule has 12 heavy (non-hydrogen) atoms. The average Bonchev–Trinajstić information content (AvgIpc) is 2.02. The minimum absolute atomic E-state index is 0.0721. The molecule has 0 bridgehead atoms. The summed E-state index contributed by atoms with van der Waals surface area (Å²) in [7, 11) is -4.34. The zero-order chi connectivity index (χ0) is 9.03. The SMILES string of the molecule is O=P(O)(O)OCC1CNCCO1. The zero-order valence-electron chi connectivity index (χ0n) is 6.47. The lowest BCUT2D eigenvalue weighted by Gasteiger charge is -2.23. The largest absolute Gasteiger partial charge is 0.469 e. The average molecular weight is 197 g/mol. The van der Waals surface area contributed by atoms with E-state index in [-0.39, 0.29) is 12.7 Å². The van der Waals surface area contributed by atoms with Gasteiger partial charge in [-0.15, -0.1) is 0 Å². The molecule has 0 spiro atoms. The fraction of sp³-hybridized carbons (Fsp3) is 1.00. The Hall–Kier alpha value is 0.0300. The van der Waals surface area contributed by atoms with Crippen LogP contribution in [0.2, 0.25) is 0 Å². The van der Waals surface area contributed by atoms with E-state index >= 15 is 0 Å². The van der Waals surface area contributed by atoms with Crippen LogP contribution < -0.4 is 5.32 Å². The van der Waals surface area contributed by atoms with Gasteiger partial charge in [-0.3, -0.25) is 4.52 Å².